The van der Waals surface area contributed by atoms with E-state index in [-0.39, 0.29) is 6.42 Å². The number of nitrogens with zero attached hydrogens (tertiary/aromatic N) is 1. The molecule has 2 rings (SSSR count). The second kappa shape index (κ2) is 4.33. The van der Waals surface area contributed by atoms with Gasteiger partial charge in [-0.15, -0.1) is 0 Å². The molecule has 1 N–H and O–H groups in total. The van der Waals surface area contributed by atoms with Gasteiger partial charge in [0.15, 0.2) is 0 Å². The minimum absolute atomic E-state index is 0.188. The normalized spacial score (nSPS) is 15.2. The summed E-state index contributed by atoms with van der Waals surface area (Å²) in [5, 5.41) is 17.9. The molecule has 0 fully saturated rings. The first kappa shape index (κ1) is 10.0. The van der Waals surface area contributed by atoms with Gasteiger partial charge in [0.25, 0.3) is 0 Å². The van der Waals surface area contributed by atoms with E-state index in [1.165, 1.54) is 5.56 Å². The van der Waals surface area contributed by atoms with Gasteiger partial charge in [0, 0.05) is 6.42 Å². The van der Waals surface area contributed by atoms with Crippen LogP contribution in [0, 0.1) is 11.3 Å². The molecule has 0 aliphatic carbocycles. The number of benzene rings is 1. The fourth-order valence-corrected chi connectivity index (χ4v) is 1.82. The molecule has 0 radical (unpaired) electrons. The zero-order chi connectivity index (χ0) is 10.7. The van der Waals surface area contributed by atoms with Gasteiger partial charge in [0.2, 0.25) is 0 Å². The molecule has 1 atom stereocenters. The first-order chi connectivity index (χ1) is 7.29. The van der Waals surface area contributed by atoms with Gasteiger partial charge in [0.05, 0.1) is 25.2 Å². The molecule has 1 unspecified atom stereocenters. The van der Waals surface area contributed by atoms with Crippen LogP contribution in [0.5, 0.6) is 5.75 Å². The standard InChI is InChI=1S/C12H13NO2/c13-5-3-11(14)8-9-1-2-12-10(7-9)4-6-15-12/h1-2,7,11,14H,3-4,6,8H2. The summed E-state index contributed by atoms with van der Waals surface area (Å²) in [5.74, 6) is 0.952. The summed E-state index contributed by atoms with van der Waals surface area (Å²) < 4.78 is 5.39. The summed E-state index contributed by atoms with van der Waals surface area (Å²) in [5.41, 5.74) is 2.28. The topological polar surface area (TPSA) is 53.2 Å². The van der Waals surface area contributed by atoms with E-state index in [0.29, 0.717) is 6.42 Å². The fraction of sp³-hybridized carbons (Fsp3) is 0.417. The first-order valence-electron chi connectivity index (χ1n) is 5.09. The zero-order valence-corrected chi connectivity index (χ0v) is 8.44. The quantitative estimate of drug-likeness (QED) is 0.808. The molecule has 3 heteroatoms. The largest absolute Gasteiger partial charge is 0.493 e. The molecular weight excluding hydrogens is 190 g/mol. The maximum Gasteiger partial charge on any atom is 0.122 e. The van der Waals surface area contributed by atoms with E-state index in [4.69, 9.17) is 10.00 Å². The summed E-state index contributed by atoms with van der Waals surface area (Å²) in [7, 11) is 0. The second-order valence-corrected chi connectivity index (χ2v) is 3.76. The van der Waals surface area contributed by atoms with Crippen molar-refractivity contribution in [3.8, 4) is 11.8 Å². The maximum absolute atomic E-state index is 9.50. The van der Waals surface area contributed by atoms with E-state index in [0.717, 1.165) is 24.3 Å². The molecule has 3 nitrogen and oxygen atoms in total. The lowest BCUT2D eigenvalue weighted by Crippen LogP contribution is -2.09. The van der Waals surface area contributed by atoms with E-state index in [1.54, 1.807) is 0 Å². The highest BCUT2D eigenvalue weighted by Crippen LogP contribution is 2.26. The molecule has 1 aromatic rings. The summed E-state index contributed by atoms with van der Waals surface area (Å²) in [6.45, 7) is 0.750. The summed E-state index contributed by atoms with van der Waals surface area (Å²) in [6.07, 6.45) is 1.11. The Kier molecular flexibility index (Phi) is 2.89. The Morgan fingerprint density at radius 1 is 1.53 bits per heavy atom. The molecule has 0 amide bonds. The highest BCUT2D eigenvalue weighted by molar-refractivity contribution is 5.39. The fourth-order valence-electron chi connectivity index (χ4n) is 1.82. The molecule has 0 bridgehead atoms. The predicted molar refractivity (Wildman–Crippen MR) is 55.6 cm³/mol. The number of nitriles is 1. The van der Waals surface area contributed by atoms with Crippen molar-refractivity contribution >= 4 is 0 Å². The smallest absolute Gasteiger partial charge is 0.122 e. The molecular formula is C12H13NO2. The van der Waals surface area contributed by atoms with Crippen LogP contribution in [0.2, 0.25) is 0 Å². The van der Waals surface area contributed by atoms with Gasteiger partial charge in [-0.25, -0.2) is 0 Å². The Morgan fingerprint density at radius 3 is 3.20 bits per heavy atom. The molecule has 0 spiro atoms. The number of ether oxygens (including phenoxy) is 1. The van der Waals surface area contributed by atoms with Crippen molar-refractivity contribution in [3.63, 3.8) is 0 Å². The van der Waals surface area contributed by atoms with Crippen LogP contribution in [-0.4, -0.2) is 17.8 Å². The van der Waals surface area contributed by atoms with Crippen LogP contribution in [0.3, 0.4) is 0 Å². The third-order valence-electron chi connectivity index (χ3n) is 2.55. The van der Waals surface area contributed by atoms with E-state index in [9.17, 15) is 5.11 Å². The van der Waals surface area contributed by atoms with Gasteiger partial charge in [-0.05, 0) is 23.6 Å². The molecule has 1 aliphatic rings. The van der Waals surface area contributed by atoms with Gasteiger partial charge < -0.3 is 9.84 Å². The van der Waals surface area contributed by atoms with Gasteiger partial charge in [0.1, 0.15) is 5.75 Å². The van der Waals surface area contributed by atoms with Crippen LogP contribution in [0.15, 0.2) is 18.2 Å². The molecule has 1 aromatic carbocycles. The monoisotopic (exact) mass is 203 g/mol. The highest BCUT2D eigenvalue weighted by Gasteiger charge is 2.13. The zero-order valence-electron chi connectivity index (χ0n) is 8.44. The number of fused-ring (bicyclic) bond motifs is 1. The summed E-state index contributed by atoms with van der Waals surface area (Å²) in [6, 6.07) is 7.91. The number of aliphatic hydroxyl groups is 1. The van der Waals surface area contributed by atoms with Gasteiger partial charge in [-0.1, -0.05) is 12.1 Å². The van der Waals surface area contributed by atoms with Crippen molar-refractivity contribution < 1.29 is 9.84 Å². The average Bonchev–Trinajstić information content (AvgIpc) is 2.65. The first-order valence-corrected chi connectivity index (χ1v) is 5.09. The van der Waals surface area contributed by atoms with E-state index < -0.39 is 6.10 Å². The van der Waals surface area contributed by atoms with Crippen molar-refractivity contribution in [1.82, 2.24) is 0 Å². The van der Waals surface area contributed by atoms with E-state index in [2.05, 4.69) is 6.07 Å². The molecule has 0 aromatic heterocycles. The third-order valence-corrected chi connectivity index (χ3v) is 2.55. The third kappa shape index (κ3) is 2.28. The number of hydrogen-bond donors (Lipinski definition) is 1. The number of rotatable bonds is 3. The Labute approximate surface area is 88.9 Å². The van der Waals surface area contributed by atoms with Gasteiger partial charge in [-0.3, -0.25) is 0 Å². The number of aliphatic hydroxyl groups excluding tert-OH is 1. The van der Waals surface area contributed by atoms with Crippen LogP contribution >= 0.6 is 0 Å². The Hall–Kier alpha value is -1.53. The molecule has 0 saturated carbocycles. The van der Waals surface area contributed by atoms with Crippen molar-refractivity contribution in [2.45, 2.75) is 25.4 Å². The molecule has 1 heterocycles. The van der Waals surface area contributed by atoms with Crippen LogP contribution in [-0.2, 0) is 12.8 Å². The minimum Gasteiger partial charge on any atom is -0.493 e. The summed E-state index contributed by atoms with van der Waals surface area (Å²) >= 11 is 0. The number of hydrogen-bond acceptors (Lipinski definition) is 3. The lowest BCUT2D eigenvalue weighted by atomic mass is 10.0. The maximum atomic E-state index is 9.50. The SMILES string of the molecule is N#CCC(O)Cc1ccc2c(c1)CCO2. The molecule has 1 aliphatic heterocycles. The van der Waals surface area contributed by atoms with Crippen molar-refractivity contribution in [1.29, 1.82) is 5.26 Å². The van der Waals surface area contributed by atoms with Crippen LogP contribution in [0.25, 0.3) is 0 Å². The van der Waals surface area contributed by atoms with E-state index >= 15 is 0 Å². The molecule has 78 valence electrons. The van der Waals surface area contributed by atoms with Crippen LogP contribution < -0.4 is 4.74 Å². The second-order valence-electron chi connectivity index (χ2n) is 3.76. The minimum atomic E-state index is -0.560. The van der Waals surface area contributed by atoms with Gasteiger partial charge in [-0.2, -0.15) is 5.26 Å². The lowest BCUT2D eigenvalue weighted by molar-refractivity contribution is 0.180. The Balaban J connectivity index is 2.07. The van der Waals surface area contributed by atoms with Crippen molar-refractivity contribution in [2.24, 2.45) is 0 Å². The van der Waals surface area contributed by atoms with Crippen molar-refractivity contribution in [3.05, 3.63) is 29.3 Å². The Morgan fingerprint density at radius 2 is 2.40 bits per heavy atom. The predicted octanol–water partition coefficient (Wildman–Crippen LogP) is 1.44. The lowest BCUT2D eigenvalue weighted by Gasteiger charge is -2.07. The van der Waals surface area contributed by atoms with Crippen molar-refractivity contribution in [2.75, 3.05) is 6.61 Å². The highest BCUT2D eigenvalue weighted by atomic mass is 16.5. The summed E-state index contributed by atoms with van der Waals surface area (Å²) in [4.78, 5) is 0. The van der Waals surface area contributed by atoms with Gasteiger partial charge >= 0.3 is 0 Å². The molecule has 15 heavy (non-hydrogen) atoms. The van der Waals surface area contributed by atoms with Crippen LogP contribution in [0.1, 0.15) is 17.5 Å². The van der Waals surface area contributed by atoms with Crippen LogP contribution in [0.4, 0.5) is 0 Å². The molecule has 0 saturated heterocycles. The average molecular weight is 203 g/mol. The van der Waals surface area contributed by atoms with E-state index in [1.807, 2.05) is 18.2 Å². The Bertz CT molecular complexity index is 395.